The number of amides is 1. The second-order valence-electron chi connectivity index (χ2n) is 4.83. The zero-order chi connectivity index (χ0) is 14.8. The van der Waals surface area contributed by atoms with E-state index in [0.717, 1.165) is 21.8 Å². The van der Waals surface area contributed by atoms with E-state index < -0.39 is 0 Å². The molecule has 0 atom stereocenters. The van der Waals surface area contributed by atoms with Crippen LogP contribution in [-0.4, -0.2) is 9.99 Å². The second kappa shape index (κ2) is 5.54. The Morgan fingerprint density at radius 2 is 1.86 bits per heavy atom. The molecule has 2 aromatic carbocycles. The first-order valence-electron chi connectivity index (χ1n) is 6.60. The fourth-order valence-electron chi connectivity index (χ4n) is 2.06. The quantitative estimate of drug-likeness (QED) is 0.790. The largest absolute Gasteiger partial charge is 0.338 e. The van der Waals surface area contributed by atoms with Crippen LogP contribution in [0.4, 0.5) is 4.79 Å². The Kier molecular flexibility index (Phi) is 3.58. The SMILES string of the molecule is Cc1ccc(CNC(=O)n2sc3ccccc3c2=O)cc1. The minimum Gasteiger partial charge on any atom is -0.333 e. The molecular weight excluding hydrogens is 284 g/mol. The number of benzene rings is 2. The van der Waals surface area contributed by atoms with Crippen LogP contribution in [0.1, 0.15) is 11.1 Å². The van der Waals surface area contributed by atoms with Gasteiger partial charge in [0, 0.05) is 6.54 Å². The lowest BCUT2D eigenvalue weighted by atomic mass is 10.1. The van der Waals surface area contributed by atoms with Gasteiger partial charge in [-0.2, -0.15) is 3.96 Å². The number of nitrogens with zero attached hydrogens (tertiary/aromatic N) is 1. The van der Waals surface area contributed by atoms with E-state index in [-0.39, 0.29) is 11.6 Å². The molecule has 0 fully saturated rings. The summed E-state index contributed by atoms with van der Waals surface area (Å²) >= 11 is 1.16. The number of hydrogen-bond donors (Lipinski definition) is 1. The van der Waals surface area contributed by atoms with Gasteiger partial charge in [0.05, 0.1) is 10.1 Å². The monoisotopic (exact) mass is 298 g/mol. The van der Waals surface area contributed by atoms with Gasteiger partial charge in [-0.3, -0.25) is 4.79 Å². The molecular formula is C16H14N2O2S. The molecule has 0 spiro atoms. The molecule has 106 valence electrons. The maximum Gasteiger partial charge on any atom is 0.338 e. The Morgan fingerprint density at radius 3 is 2.57 bits per heavy atom. The normalized spacial score (nSPS) is 10.7. The molecule has 1 aromatic heterocycles. The average molecular weight is 298 g/mol. The van der Waals surface area contributed by atoms with Gasteiger partial charge in [-0.25, -0.2) is 4.79 Å². The molecule has 4 nitrogen and oxygen atoms in total. The lowest BCUT2D eigenvalue weighted by Gasteiger charge is -2.04. The number of carbonyl (C=O) groups is 1. The van der Waals surface area contributed by atoms with E-state index in [1.165, 1.54) is 9.52 Å². The number of nitrogens with one attached hydrogen (secondary N) is 1. The first-order valence-corrected chi connectivity index (χ1v) is 7.37. The van der Waals surface area contributed by atoms with Crippen molar-refractivity contribution in [1.29, 1.82) is 0 Å². The molecule has 0 aliphatic carbocycles. The summed E-state index contributed by atoms with van der Waals surface area (Å²) in [5, 5.41) is 3.35. The number of carbonyl (C=O) groups excluding carboxylic acids is 1. The van der Waals surface area contributed by atoms with Gasteiger partial charge in [-0.05, 0) is 36.2 Å². The topological polar surface area (TPSA) is 51.1 Å². The Morgan fingerprint density at radius 1 is 1.14 bits per heavy atom. The lowest BCUT2D eigenvalue weighted by Crippen LogP contribution is -2.32. The Hall–Kier alpha value is -2.40. The lowest BCUT2D eigenvalue weighted by molar-refractivity contribution is 0.243. The highest BCUT2D eigenvalue weighted by molar-refractivity contribution is 7.14. The molecule has 0 saturated heterocycles. The van der Waals surface area contributed by atoms with Crippen molar-refractivity contribution in [2.75, 3.05) is 0 Å². The number of fused-ring (bicyclic) bond motifs is 1. The number of rotatable bonds is 2. The van der Waals surface area contributed by atoms with Crippen LogP contribution in [0.15, 0.2) is 53.3 Å². The van der Waals surface area contributed by atoms with Crippen molar-refractivity contribution in [2.24, 2.45) is 0 Å². The van der Waals surface area contributed by atoms with E-state index in [9.17, 15) is 9.59 Å². The van der Waals surface area contributed by atoms with Crippen LogP contribution in [0.25, 0.3) is 10.1 Å². The van der Waals surface area contributed by atoms with Gasteiger partial charge in [0.2, 0.25) is 0 Å². The van der Waals surface area contributed by atoms with Gasteiger partial charge in [-0.1, -0.05) is 42.0 Å². The summed E-state index contributed by atoms with van der Waals surface area (Å²) in [6.45, 7) is 2.42. The fourth-order valence-corrected chi connectivity index (χ4v) is 2.98. The highest BCUT2D eigenvalue weighted by Crippen LogP contribution is 2.15. The number of hydrogen-bond acceptors (Lipinski definition) is 3. The highest BCUT2D eigenvalue weighted by Gasteiger charge is 2.12. The van der Waals surface area contributed by atoms with Gasteiger partial charge in [-0.15, -0.1) is 0 Å². The van der Waals surface area contributed by atoms with Crippen molar-refractivity contribution in [3.63, 3.8) is 0 Å². The van der Waals surface area contributed by atoms with E-state index in [1.807, 2.05) is 43.3 Å². The van der Waals surface area contributed by atoms with E-state index in [1.54, 1.807) is 12.1 Å². The summed E-state index contributed by atoms with van der Waals surface area (Å²) in [5.74, 6) is 0. The molecule has 1 amide bonds. The second-order valence-corrected chi connectivity index (χ2v) is 5.82. The van der Waals surface area contributed by atoms with Crippen molar-refractivity contribution in [3.05, 3.63) is 70.0 Å². The van der Waals surface area contributed by atoms with Gasteiger partial charge in [0.1, 0.15) is 0 Å². The van der Waals surface area contributed by atoms with Crippen LogP contribution in [0.3, 0.4) is 0 Å². The highest BCUT2D eigenvalue weighted by atomic mass is 32.1. The molecule has 1 heterocycles. The molecule has 0 aliphatic heterocycles. The summed E-state index contributed by atoms with van der Waals surface area (Å²) in [6.07, 6.45) is 0. The Labute approximate surface area is 125 Å². The van der Waals surface area contributed by atoms with E-state index >= 15 is 0 Å². The fraction of sp³-hybridized carbons (Fsp3) is 0.125. The molecule has 1 N–H and O–H groups in total. The third-order valence-electron chi connectivity index (χ3n) is 3.24. The van der Waals surface area contributed by atoms with Gasteiger partial charge in [0.15, 0.2) is 0 Å². The summed E-state index contributed by atoms with van der Waals surface area (Å²) in [7, 11) is 0. The van der Waals surface area contributed by atoms with Gasteiger partial charge in [0.25, 0.3) is 5.56 Å². The number of aryl methyl sites for hydroxylation is 1. The van der Waals surface area contributed by atoms with E-state index in [0.29, 0.717) is 11.9 Å². The zero-order valence-corrected chi connectivity index (χ0v) is 12.3. The van der Waals surface area contributed by atoms with Crippen molar-refractivity contribution < 1.29 is 4.79 Å². The van der Waals surface area contributed by atoms with Crippen LogP contribution in [0.5, 0.6) is 0 Å². The van der Waals surface area contributed by atoms with Crippen LogP contribution in [-0.2, 0) is 6.54 Å². The third kappa shape index (κ3) is 2.73. The maximum atomic E-state index is 12.1. The number of aromatic nitrogens is 1. The summed E-state index contributed by atoms with van der Waals surface area (Å²) in [6, 6.07) is 14.7. The van der Waals surface area contributed by atoms with Crippen LogP contribution < -0.4 is 10.9 Å². The first kappa shape index (κ1) is 13.6. The first-order chi connectivity index (χ1) is 10.1. The standard InChI is InChI=1S/C16H14N2O2S/c1-11-6-8-12(9-7-11)10-17-16(20)18-15(19)13-4-2-3-5-14(13)21-18/h2-9H,10H2,1H3,(H,17,20). The minimum absolute atomic E-state index is 0.267. The average Bonchev–Trinajstić information content (AvgIpc) is 2.84. The maximum absolute atomic E-state index is 12.1. The molecule has 3 rings (SSSR count). The zero-order valence-electron chi connectivity index (χ0n) is 11.5. The van der Waals surface area contributed by atoms with Crippen LogP contribution >= 0.6 is 11.5 Å². The molecule has 0 bridgehead atoms. The molecule has 5 heteroatoms. The summed E-state index contributed by atoms with van der Waals surface area (Å²) in [5.41, 5.74) is 1.91. The van der Waals surface area contributed by atoms with Crippen molar-refractivity contribution >= 4 is 27.6 Å². The Bertz CT molecular complexity index is 847. The van der Waals surface area contributed by atoms with Gasteiger partial charge < -0.3 is 5.32 Å². The van der Waals surface area contributed by atoms with E-state index in [4.69, 9.17) is 0 Å². The van der Waals surface area contributed by atoms with Crippen LogP contribution in [0, 0.1) is 6.92 Å². The predicted molar refractivity (Wildman–Crippen MR) is 84.9 cm³/mol. The van der Waals surface area contributed by atoms with E-state index in [2.05, 4.69) is 5.32 Å². The van der Waals surface area contributed by atoms with Crippen LogP contribution in [0.2, 0.25) is 0 Å². The molecule has 0 aliphatic rings. The molecule has 21 heavy (non-hydrogen) atoms. The minimum atomic E-state index is -0.387. The third-order valence-corrected chi connectivity index (χ3v) is 4.31. The molecule has 0 radical (unpaired) electrons. The van der Waals surface area contributed by atoms with Gasteiger partial charge >= 0.3 is 6.03 Å². The van der Waals surface area contributed by atoms with Crippen molar-refractivity contribution in [1.82, 2.24) is 9.27 Å². The smallest absolute Gasteiger partial charge is 0.333 e. The van der Waals surface area contributed by atoms with Crippen molar-refractivity contribution in [2.45, 2.75) is 13.5 Å². The molecule has 0 saturated carbocycles. The summed E-state index contributed by atoms with van der Waals surface area (Å²) in [4.78, 5) is 24.3. The molecule has 3 aromatic rings. The molecule has 0 unspecified atom stereocenters. The van der Waals surface area contributed by atoms with Crippen molar-refractivity contribution in [3.8, 4) is 0 Å². The summed E-state index contributed by atoms with van der Waals surface area (Å²) < 4.78 is 1.98. The predicted octanol–water partition coefficient (Wildman–Crippen LogP) is 3.13. The Balaban J connectivity index is 1.79.